The second-order valence-electron chi connectivity index (χ2n) is 4.11. The molecule has 2 aromatic heterocycles. The number of hydrogen-bond donors (Lipinski definition) is 2. The van der Waals surface area contributed by atoms with Crippen LogP contribution in [0.15, 0.2) is 33.6 Å². The van der Waals surface area contributed by atoms with Crippen molar-refractivity contribution in [3.05, 3.63) is 40.5 Å². The van der Waals surface area contributed by atoms with Crippen LogP contribution in [0, 0.1) is 0 Å². The fraction of sp³-hybridized carbons (Fsp3) is 0.167. The Balaban J connectivity index is 2.21. The molecule has 3 rings (SSSR count). The molecule has 3 aromatic rings. The summed E-state index contributed by atoms with van der Waals surface area (Å²) < 4.78 is 6.68. The van der Waals surface area contributed by atoms with Crippen molar-refractivity contribution < 1.29 is 4.42 Å². The highest BCUT2D eigenvalue weighted by molar-refractivity contribution is 5.79. The maximum absolute atomic E-state index is 11.1. The van der Waals surface area contributed by atoms with Gasteiger partial charge >= 0.3 is 5.76 Å². The standard InChI is InChI=1S/C12H12N4O2/c1-16-6-8(5-13)11(15-16)7-2-3-10-9(4-7)14-12(17)18-10/h2-4,6H,5,13H2,1H3,(H,14,17). The molecule has 92 valence electrons. The smallest absolute Gasteiger partial charge is 0.408 e. The SMILES string of the molecule is Cn1cc(CN)c(-c2ccc3oc(=O)[nH]c3c2)n1. The number of oxazole rings is 1. The van der Waals surface area contributed by atoms with Gasteiger partial charge in [0.2, 0.25) is 0 Å². The van der Waals surface area contributed by atoms with E-state index >= 15 is 0 Å². The first-order valence-corrected chi connectivity index (χ1v) is 5.53. The molecule has 0 saturated heterocycles. The maximum Gasteiger partial charge on any atom is 0.417 e. The molecule has 0 spiro atoms. The molecule has 6 heteroatoms. The Bertz CT molecular complexity index is 766. The first-order valence-electron chi connectivity index (χ1n) is 5.53. The highest BCUT2D eigenvalue weighted by atomic mass is 16.4. The summed E-state index contributed by atoms with van der Waals surface area (Å²) in [6.07, 6.45) is 1.89. The summed E-state index contributed by atoms with van der Waals surface area (Å²) in [5.74, 6) is -0.456. The van der Waals surface area contributed by atoms with E-state index in [0.29, 0.717) is 17.6 Å². The van der Waals surface area contributed by atoms with Crippen LogP contribution in [0.5, 0.6) is 0 Å². The van der Waals surface area contributed by atoms with E-state index in [1.807, 2.05) is 25.4 Å². The van der Waals surface area contributed by atoms with Gasteiger partial charge in [0.05, 0.1) is 11.2 Å². The topological polar surface area (TPSA) is 89.8 Å². The molecule has 0 unspecified atom stereocenters. The van der Waals surface area contributed by atoms with Gasteiger partial charge in [-0.15, -0.1) is 0 Å². The van der Waals surface area contributed by atoms with E-state index < -0.39 is 5.76 Å². The zero-order valence-electron chi connectivity index (χ0n) is 9.80. The van der Waals surface area contributed by atoms with Crippen LogP contribution >= 0.6 is 0 Å². The fourth-order valence-corrected chi connectivity index (χ4v) is 2.03. The van der Waals surface area contributed by atoms with Crippen LogP contribution in [0.3, 0.4) is 0 Å². The lowest BCUT2D eigenvalue weighted by molar-refractivity contribution is 0.555. The van der Waals surface area contributed by atoms with Crippen LogP contribution in [0.1, 0.15) is 5.56 Å². The summed E-state index contributed by atoms with van der Waals surface area (Å²) in [6.45, 7) is 0.420. The van der Waals surface area contributed by atoms with Gasteiger partial charge < -0.3 is 10.2 Å². The number of benzene rings is 1. The molecular formula is C12H12N4O2. The van der Waals surface area contributed by atoms with Crippen LogP contribution < -0.4 is 11.5 Å². The molecule has 0 aliphatic carbocycles. The van der Waals surface area contributed by atoms with Crippen LogP contribution in [-0.2, 0) is 13.6 Å². The summed E-state index contributed by atoms with van der Waals surface area (Å²) in [7, 11) is 1.85. The lowest BCUT2D eigenvalue weighted by atomic mass is 10.1. The first-order chi connectivity index (χ1) is 8.67. The quantitative estimate of drug-likeness (QED) is 0.703. The molecule has 1 aromatic carbocycles. The Kier molecular flexibility index (Phi) is 2.31. The largest absolute Gasteiger partial charge is 0.417 e. The van der Waals surface area contributed by atoms with Gasteiger partial charge in [-0.25, -0.2) is 4.79 Å². The third kappa shape index (κ3) is 1.63. The molecule has 0 aliphatic heterocycles. The average Bonchev–Trinajstić information content (AvgIpc) is 2.89. The number of fused-ring (bicyclic) bond motifs is 1. The van der Waals surface area contributed by atoms with E-state index in [-0.39, 0.29) is 0 Å². The lowest BCUT2D eigenvalue weighted by Gasteiger charge is -1.99. The summed E-state index contributed by atoms with van der Waals surface area (Å²) in [4.78, 5) is 13.7. The van der Waals surface area contributed by atoms with E-state index in [1.54, 1.807) is 10.7 Å². The minimum Gasteiger partial charge on any atom is -0.408 e. The number of aromatic nitrogens is 3. The van der Waals surface area contributed by atoms with Crippen LogP contribution in [0.25, 0.3) is 22.4 Å². The second kappa shape index (κ2) is 3.85. The number of nitrogens with one attached hydrogen (secondary N) is 1. The fourth-order valence-electron chi connectivity index (χ4n) is 2.03. The Hall–Kier alpha value is -2.34. The number of nitrogens with two attached hydrogens (primary N) is 1. The Morgan fingerprint density at radius 1 is 1.50 bits per heavy atom. The van der Waals surface area contributed by atoms with E-state index in [4.69, 9.17) is 10.2 Å². The molecule has 3 N–H and O–H groups in total. The molecule has 0 amide bonds. The Morgan fingerprint density at radius 3 is 3.11 bits per heavy atom. The van der Waals surface area contributed by atoms with Gasteiger partial charge in [-0.05, 0) is 18.2 Å². The highest BCUT2D eigenvalue weighted by Gasteiger charge is 2.10. The molecule has 0 bridgehead atoms. The molecular weight excluding hydrogens is 232 g/mol. The average molecular weight is 244 g/mol. The summed E-state index contributed by atoms with van der Waals surface area (Å²) >= 11 is 0. The zero-order valence-corrected chi connectivity index (χ0v) is 9.80. The molecule has 0 atom stereocenters. The van der Waals surface area contributed by atoms with Crippen molar-refractivity contribution in [3.63, 3.8) is 0 Å². The Labute approximate surface area is 102 Å². The van der Waals surface area contributed by atoms with Crippen molar-refractivity contribution >= 4 is 11.1 Å². The predicted molar refractivity (Wildman–Crippen MR) is 66.9 cm³/mol. The third-order valence-corrected chi connectivity index (χ3v) is 2.82. The Morgan fingerprint density at radius 2 is 2.33 bits per heavy atom. The van der Waals surface area contributed by atoms with E-state index in [0.717, 1.165) is 16.8 Å². The van der Waals surface area contributed by atoms with Crippen molar-refractivity contribution in [1.29, 1.82) is 0 Å². The van der Waals surface area contributed by atoms with Crippen molar-refractivity contribution in [1.82, 2.24) is 14.8 Å². The summed E-state index contributed by atoms with van der Waals surface area (Å²) in [5, 5.41) is 4.38. The van der Waals surface area contributed by atoms with Gasteiger partial charge in [0.25, 0.3) is 0 Å². The number of aryl methyl sites for hydroxylation is 1. The summed E-state index contributed by atoms with van der Waals surface area (Å²) in [6, 6.07) is 5.44. The number of hydrogen-bond acceptors (Lipinski definition) is 4. The van der Waals surface area contributed by atoms with Gasteiger partial charge in [-0.3, -0.25) is 9.67 Å². The van der Waals surface area contributed by atoms with Gasteiger partial charge in [-0.1, -0.05) is 0 Å². The minimum absolute atomic E-state index is 0.420. The normalized spacial score (nSPS) is 11.2. The van der Waals surface area contributed by atoms with Gasteiger partial charge in [0, 0.05) is 30.9 Å². The minimum atomic E-state index is -0.456. The molecule has 18 heavy (non-hydrogen) atoms. The van der Waals surface area contributed by atoms with Crippen LogP contribution in [0.4, 0.5) is 0 Å². The van der Waals surface area contributed by atoms with E-state index in [2.05, 4.69) is 10.1 Å². The predicted octanol–water partition coefficient (Wildman–Crippen LogP) is 0.980. The molecule has 0 saturated carbocycles. The number of aromatic amines is 1. The van der Waals surface area contributed by atoms with E-state index in [1.165, 1.54) is 0 Å². The van der Waals surface area contributed by atoms with Crippen LogP contribution in [0.2, 0.25) is 0 Å². The molecule has 2 heterocycles. The van der Waals surface area contributed by atoms with Crippen molar-refractivity contribution in [2.24, 2.45) is 12.8 Å². The molecule has 0 aliphatic rings. The van der Waals surface area contributed by atoms with Gasteiger partial charge in [0.15, 0.2) is 5.58 Å². The van der Waals surface area contributed by atoms with Crippen molar-refractivity contribution in [2.75, 3.05) is 0 Å². The zero-order chi connectivity index (χ0) is 12.7. The van der Waals surface area contributed by atoms with Crippen molar-refractivity contribution in [2.45, 2.75) is 6.54 Å². The van der Waals surface area contributed by atoms with Crippen LogP contribution in [-0.4, -0.2) is 14.8 Å². The number of nitrogens with zero attached hydrogens (tertiary/aromatic N) is 2. The first kappa shape index (κ1) is 10.8. The monoisotopic (exact) mass is 244 g/mol. The van der Waals surface area contributed by atoms with Gasteiger partial charge in [-0.2, -0.15) is 5.10 Å². The second-order valence-corrected chi connectivity index (χ2v) is 4.11. The van der Waals surface area contributed by atoms with Crippen molar-refractivity contribution in [3.8, 4) is 11.3 Å². The summed E-state index contributed by atoms with van der Waals surface area (Å²) in [5.41, 5.74) is 9.57. The maximum atomic E-state index is 11.1. The lowest BCUT2D eigenvalue weighted by Crippen LogP contribution is -1.96. The third-order valence-electron chi connectivity index (χ3n) is 2.82. The van der Waals surface area contributed by atoms with E-state index in [9.17, 15) is 4.79 Å². The highest BCUT2D eigenvalue weighted by Crippen LogP contribution is 2.24. The molecule has 6 nitrogen and oxygen atoms in total. The number of rotatable bonds is 2. The molecule has 0 radical (unpaired) electrons. The number of H-pyrrole nitrogens is 1. The van der Waals surface area contributed by atoms with Gasteiger partial charge in [0.1, 0.15) is 0 Å². The molecule has 0 fully saturated rings.